The highest BCUT2D eigenvalue weighted by Gasteiger charge is 2.32. The Balaban J connectivity index is 4.40. The molecule has 0 aliphatic rings. The number of halogens is 1. The van der Waals surface area contributed by atoms with Gasteiger partial charge in [-0.3, -0.25) is 0 Å². The van der Waals surface area contributed by atoms with E-state index in [-0.39, 0.29) is 0 Å². The third kappa shape index (κ3) is 2.86. The van der Waals surface area contributed by atoms with Crippen molar-refractivity contribution in [1.29, 1.82) is 0 Å². The number of aliphatic hydroxyl groups excluding tert-OH is 2. The topological polar surface area (TPSA) is 57.5 Å². The Hall–Kier alpha value is 0.630. The minimum Gasteiger partial charge on any atom is -0.386 e. The highest BCUT2D eigenvalue weighted by molar-refractivity contribution is 9.09. The molecule has 0 aromatic heterocycles. The van der Waals surface area contributed by atoms with E-state index < -0.39 is 18.8 Å². The van der Waals surface area contributed by atoms with Gasteiger partial charge in [0.25, 0.3) is 0 Å². The second-order valence-corrected chi connectivity index (χ2v) is 6.97. The van der Waals surface area contributed by atoms with Crippen molar-refractivity contribution in [2.24, 2.45) is 0 Å². The Labute approximate surface area is 75.3 Å². The van der Waals surface area contributed by atoms with Gasteiger partial charge in [-0.1, -0.05) is 15.9 Å². The number of hydrogen-bond donors (Lipinski definition) is 2. The average molecular weight is 245 g/mol. The van der Waals surface area contributed by atoms with E-state index in [9.17, 15) is 4.57 Å². The van der Waals surface area contributed by atoms with Crippen LogP contribution in [0.3, 0.4) is 0 Å². The van der Waals surface area contributed by atoms with Crippen molar-refractivity contribution in [1.82, 2.24) is 0 Å². The lowest BCUT2D eigenvalue weighted by Gasteiger charge is -2.22. The second-order valence-electron chi connectivity index (χ2n) is 2.53. The van der Waals surface area contributed by atoms with E-state index in [2.05, 4.69) is 15.9 Å². The quantitative estimate of drug-likeness (QED) is 0.581. The first-order chi connectivity index (χ1) is 4.95. The number of rotatable bonds is 4. The smallest absolute Gasteiger partial charge is 0.142 e. The monoisotopic (exact) mass is 244 g/mol. The van der Waals surface area contributed by atoms with Crippen molar-refractivity contribution in [2.45, 2.75) is 25.5 Å². The largest absolute Gasteiger partial charge is 0.386 e. The first kappa shape index (κ1) is 11.6. The summed E-state index contributed by atoms with van der Waals surface area (Å²) in [7, 11) is -2.80. The fourth-order valence-electron chi connectivity index (χ4n) is 0.818. The molecule has 0 aliphatic carbocycles. The molecule has 5 heteroatoms. The average Bonchev–Trinajstić information content (AvgIpc) is 1.87. The summed E-state index contributed by atoms with van der Waals surface area (Å²) in [6, 6.07) is 0. The molecule has 0 aliphatic heterocycles. The Morgan fingerprint density at radius 3 is 1.82 bits per heavy atom. The van der Waals surface area contributed by atoms with Crippen molar-refractivity contribution in [3.63, 3.8) is 0 Å². The van der Waals surface area contributed by atoms with Gasteiger partial charge in [0, 0.05) is 11.5 Å². The van der Waals surface area contributed by atoms with E-state index in [1.807, 2.05) is 0 Å². The van der Waals surface area contributed by atoms with Crippen molar-refractivity contribution in [3.05, 3.63) is 0 Å². The molecule has 2 unspecified atom stereocenters. The molecule has 0 saturated carbocycles. The molecule has 0 heterocycles. The van der Waals surface area contributed by atoms with Gasteiger partial charge in [-0.15, -0.1) is 0 Å². The number of alkyl halides is 1. The van der Waals surface area contributed by atoms with E-state index in [1.54, 1.807) is 0 Å². The molecule has 0 rings (SSSR count). The Bertz CT molecular complexity index is 146. The summed E-state index contributed by atoms with van der Waals surface area (Å²) in [5.41, 5.74) is 0. The van der Waals surface area contributed by atoms with Gasteiger partial charge >= 0.3 is 0 Å². The molecule has 11 heavy (non-hydrogen) atoms. The standard InChI is InChI=1S/C6H14BrO3P/c1-5(8)11(10,4-3-7)6(2)9/h5-6,8-9H,3-4H2,1-2H3. The summed E-state index contributed by atoms with van der Waals surface area (Å²) in [6.45, 7) is 2.91. The summed E-state index contributed by atoms with van der Waals surface area (Å²) >= 11 is 3.13. The summed E-state index contributed by atoms with van der Waals surface area (Å²) in [5, 5.41) is 18.8. The summed E-state index contributed by atoms with van der Waals surface area (Å²) < 4.78 is 11.7. The third-order valence-corrected chi connectivity index (χ3v) is 6.16. The van der Waals surface area contributed by atoms with Crippen molar-refractivity contribution in [3.8, 4) is 0 Å². The molecule has 0 saturated heterocycles. The van der Waals surface area contributed by atoms with Crippen LogP contribution in [0.2, 0.25) is 0 Å². The normalized spacial score (nSPS) is 22.3. The zero-order valence-corrected chi connectivity index (χ0v) is 9.18. The van der Waals surface area contributed by atoms with E-state index in [4.69, 9.17) is 10.2 Å². The lowest BCUT2D eigenvalue weighted by molar-refractivity contribution is 0.227. The maximum absolute atomic E-state index is 11.7. The first-order valence-corrected chi connectivity index (χ1v) is 6.61. The van der Waals surface area contributed by atoms with Crippen LogP contribution in [0.5, 0.6) is 0 Å². The van der Waals surface area contributed by atoms with Crippen molar-refractivity contribution < 1.29 is 14.8 Å². The van der Waals surface area contributed by atoms with E-state index in [1.165, 1.54) is 13.8 Å². The van der Waals surface area contributed by atoms with Gasteiger partial charge in [0.2, 0.25) is 0 Å². The summed E-state index contributed by atoms with van der Waals surface area (Å²) in [6.07, 6.45) is 0.336. The highest BCUT2D eigenvalue weighted by Crippen LogP contribution is 2.52. The predicted molar refractivity (Wildman–Crippen MR) is 49.6 cm³/mol. The summed E-state index contributed by atoms with van der Waals surface area (Å²) in [4.78, 5) is 0. The lowest BCUT2D eigenvalue weighted by Crippen LogP contribution is -2.16. The molecular weight excluding hydrogens is 231 g/mol. The van der Waals surface area contributed by atoms with Crippen LogP contribution in [0, 0.1) is 0 Å². The van der Waals surface area contributed by atoms with Crippen LogP contribution < -0.4 is 0 Å². The Morgan fingerprint density at radius 1 is 1.36 bits per heavy atom. The molecule has 2 N–H and O–H groups in total. The van der Waals surface area contributed by atoms with Crippen LogP contribution in [-0.2, 0) is 4.57 Å². The van der Waals surface area contributed by atoms with E-state index >= 15 is 0 Å². The van der Waals surface area contributed by atoms with Crippen LogP contribution >= 0.6 is 23.1 Å². The lowest BCUT2D eigenvalue weighted by atomic mass is 10.8. The zero-order valence-electron chi connectivity index (χ0n) is 6.70. The molecule has 2 atom stereocenters. The molecular formula is C6H14BrO3P. The predicted octanol–water partition coefficient (Wildman–Crippen LogP) is 1.42. The third-order valence-electron chi connectivity index (χ3n) is 1.70. The summed E-state index contributed by atoms with van der Waals surface area (Å²) in [5.74, 6) is -1.83. The SMILES string of the molecule is CC(O)P(=O)(CCBr)C(C)O. The highest BCUT2D eigenvalue weighted by atomic mass is 79.9. The molecule has 0 aromatic rings. The van der Waals surface area contributed by atoms with E-state index in [0.29, 0.717) is 11.5 Å². The fourth-order valence-corrected chi connectivity index (χ4v) is 4.12. The van der Waals surface area contributed by atoms with Gasteiger partial charge in [0.15, 0.2) is 0 Å². The maximum atomic E-state index is 11.7. The first-order valence-electron chi connectivity index (χ1n) is 3.45. The van der Waals surface area contributed by atoms with Crippen LogP contribution in [0.4, 0.5) is 0 Å². The molecule has 0 fully saturated rings. The van der Waals surface area contributed by atoms with Gasteiger partial charge in [0.1, 0.15) is 18.8 Å². The molecule has 0 aromatic carbocycles. The fraction of sp³-hybridized carbons (Fsp3) is 1.00. The molecule has 0 spiro atoms. The minimum atomic E-state index is -2.80. The number of hydrogen-bond acceptors (Lipinski definition) is 3. The Morgan fingerprint density at radius 2 is 1.73 bits per heavy atom. The second kappa shape index (κ2) is 4.61. The van der Waals surface area contributed by atoms with Gasteiger partial charge in [-0.05, 0) is 13.8 Å². The van der Waals surface area contributed by atoms with Gasteiger partial charge in [0.05, 0.1) is 0 Å². The van der Waals surface area contributed by atoms with Crippen LogP contribution in [0.15, 0.2) is 0 Å². The van der Waals surface area contributed by atoms with Crippen molar-refractivity contribution >= 4 is 23.1 Å². The molecule has 0 amide bonds. The van der Waals surface area contributed by atoms with Crippen LogP contribution in [0.1, 0.15) is 13.8 Å². The van der Waals surface area contributed by atoms with Gasteiger partial charge in [-0.25, -0.2) is 0 Å². The van der Waals surface area contributed by atoms with Gasteiger partial charge < -0.3 is 14.8 Å². The zero-order chi connectivity index (χ0) is 9.07. The Kier molecular flexibility index (Phi) is 4.87. The van der Waals surface area contributed by atoms with E-state index in [0.717, 1.165) is 0 Å². The minimum absolute atomic E-state index is 0.336. The molecule has 0 bridgehead atoms. The number of aliphatic hydroxyl groups is 2. The molecule has 68 valence electrons. The van der Waals surface area contributed by atoms with Gasteiger partial charge in [-0.2, -0.15) is 0 Å². The molecule has 3 nitrogen and oxygen atoms in total. The molecule has 0 radical (unpaired) electrons. The van der Waals surface area contributed by atoms with Crippen LogP contribution in [0.25, 0.3) is 0 Å². The maximum Gasteiger partial charge on any atom is 0.142 e. The van der Waals surface area contributed by atoms with Crippen molar-refractivity contribution in [2.75, 3.05) is 11.5 Å². The van der Waals surface area contributed by atoms with Crippen LogP contribution in [-0.4, -0.2) is 33.4 Å².